The summed E-state index contributed by atoms with van der Waals surface area (Å²) in [5.41, 5.74) is 1.56. The Balaban J connectivity index is 2.62. The van der Waals surface area contributed by atoms with E-state index < -0.39 is 0 Å². The van der Waals surface area contributed by atoms with Crippen LogP contribution in [0.4, 0.5) is 0 Å². The molecule has 1 amide bonds. The molecule has 0 N–H and O–H groups in total. The number of carbonyl (C=O) groups is 2. The molecule has 1 rings (SSSR count). The molecule has 0 atom stereocenters. The molecule has 110 valence electrons. The van der Waals surface area contributed by atoms with Crippen LogP contribution in [-0.2, 0) is 9.53 Å². The van der Waals surface area contributed by atoms with Gasteiger partial charge in [-0.05, 0) is 31.0 Å². The number of ether oxygens (including phenoxy) is 2. The molecule has 0 radical (unpaired) electrons. The quantitative estimate of drug-likeness (QED) is 0.748. The average molecular weight is 279 g/mol. The molecule has 0 saturated heterocycles. The third-order valence-electron chi connectivity index (χ3n) is 3.10. The number of carbonyl (C=O) groups excluding carboxylic acids is 2. The van der Waals surface area contributed by atoms with Gasteiger partial charge in [-0.2, -0.15) is 0 Å². The Bertz CT molecular complexity index is 485. The molecular formula is C15H21NO4. The zero-order valence-corrected chi connectivity index (χ0v) is 12.4. The molecule has 0 aliphatic carbocycles. The van der Waals surface area contributed by atoms with Gasteiger partial charge in [-0.3, -0.25) is 9.59 Å². The first-order chi connectivity index (χ1) is 9.49. The summed E-state index contributed by atoms with van der Waals surface area (Å²) in [5.74, 6) is 0.342. The largest absolute Gasteiger partial charge is 0.496 e. The fraction of sp³-hybridized carbons (Fsp3) is 0.467. The maximum atomic E-state index is 12.2. The number of nitrogens with zero attached hydrogens (tertiary/aromatic N) is 1. The number of methoxy groups -OCH3 is 2. The SMILES string of the molecule is COC(=O)CCCN(C)C(=O)c1ccc(C)c(OC)c1. The summed E-state index contributed by atoms with van der Waals surface area (Å²) < 4.78 is 9.77. The Morgan fingerprint density at radius 1 is 1.25 bits per heavy atom. The summed E-state index contributed by atoms with van der Waals surface area (Å²) in [7, 11) is 4.65. The van der Waals surface area contributed by atoms with Crippen LogP contribution in [0.2, 0.25) is 0 Å². The number of aryl methyl sites for hydroxylation is 1. The van der Waals surface area contributed by atoms with E-state index >= 15 is 0 Å². The first-order valence-corrected chi connectivity index (χ1v) is 6.46. The van der Waals surface area contributed by atoms with Crippen LogP contribution in [0.5, 0.6) is 5.75 Å². The summed E-state index contributed by atoms with van der Waals surface area (Å²) in [5, 5.41) is 0. The van der Waals surface area contributed by atoms with Crippen molar-refractivity contribution in [1.29, 1.82) is 0 Å². The normalized spacial score (nSPS) is 10.0. The van der Waals surface area contributed by atoms with Crippen LogP contribution in [0.3, 0.4) is 0 Å². The van der Waals surface area contributed by atoms with Gasteiger partial charge in [-0.1, -0.05) is 6.07 Å². The van der Waals surface area contributed by atoms with Crippen LogP contribution in [0.25, 0.3) is 0 Å². The highest BCUT2D eigenvalue weighted by molar-refractivity contribution is 5.94. The minimum atomic E-state index is -0.261. The zero-order chi connectivity index (χ0) is 15.1. The standard InChI is InChI=1S/C15H21NO4/c1-11-7-8-12(10-13(11)19-3)15(18)16(2)9-5-6-14(17)20-4/h7-8,10H,5-6,9H2,1-4H3. The second-order valence-electron chi connectivity index (χ2n) is 4.59. The number of esters is 1. The van der Waals surface area contributed by atoms with Gasteiger partial charge in [0.25, 0.3) is 5.91 Å². The second kappa shape index (κ2) is 7.53. The molecule has 0 aliphatic rings. The summed E-state index contributed by atoms with van der Waals surface area (Å²) in [6.45, 7) is 2.43. The van der Waals surface area contributed by atoms with E-state index in [2.05, 4.69) is 4.74 Å². The van der Waals surface area contributed by atoms with Gasteiger partial charge < -0.3 is 14.4 Å². The van der Waals surface area contributed by atoms with E-state index in [0.717, 1.165) is 5.56 Å². The first-order valence-electron chi connectivity index (χ1n) is 6.46. The lowest BCUT2D eigenvalue weighted by atomic mass is 10.1. The summed E-state index contributed by atoms with van der Waals surface area (Å²) in [4.78, 5) is 24.8. The van der Waals surface area contributed by atoms with Crippen LogP contribution in [0, 0.1) is 6.92 Å². The van der Waals surface area contributed by atoms with Gasteiger partial charge in [-0.25, -0.2) is 0 Å². The highest BCUT2D eigenvalue weighted by atomic mass is 16.5. The van der Waals surface area contributed by atoms with Crippen molar-refractivity contribution in [2.24, 2.45) is 0 Å². The number of hydrogen-bond donors (Lipinski definition) is 0. The molecule has 5 heteroatoms. The minimum Gasteiger partial charge on any atom is -0.496 e. The van der Waals surface area contributed by atoms with Crippen molar-refractivity contribution in [2.75, 3.05) is 27.8 Å². The highest BCUT2D eigenvalue weighted by Crippen LogP contribution is 2.19. The van der Waals surface area contributed by atoms with Crippen molar-refractivity contribution >= 4 is 11.9 Å². The van der Waals surface area contributed by atoms with E-state index in [0.29, 0.717) is 30.7 Å². The summed E-state index contributed by atoms with van der Waals surface area (Å²) in [6, 6.07) is 5.36. The molecule has 1 aromatic rings. The smallest absolute Gasteiger partial charge is 0.305 e. The lowest BCUT2D eigenvalue weighted by molar-refractivity contribution is -0.140. The van der Waals surface area contributed by atoms with Gasteiger partial charge in [0.2, 0.25) is 0 Å². The van der Waals surface area contributed by atoms with Gasteiger partial charge in [-0.15, -0.1) is 0 Å². The Hall–Kier alpha value is -2.04. The van der Waals surface area contributed by atoms with Crippen molar-refractivity contribution < 1.29 is 19.1 Å². The molecule has 0 fully saturated rings. The van der Waals surface area contributed by atoms with Crippen molar-refractivity contribution in [3.63, 3.8) is 0 Å². The number of hydrogen-bond acceptors (Lipinski definition) is 4. The third kappa shape index (κ3) is 4.26. The van der Waals surface area contributed by atoms with Gasteiger partial charge in [0.05, 0.1) is 14.2 Å². The third-order valence-corrected chi connectivity index (χ3v) is 3.10. The maximum absolute atomic E-state index is 12.2. The molecule has 5 nitrogen and oxygen atoms in total. The molecule has 0 saturated carbocycles. The lowest BCUT2D eigenvalue weighted by Gasteiger charge is -2.17. The van der Waals surface area contributed by atoms with Gasteiger partial charge in [0.15, 0.2) is 0 Å². The number of rotatable bonds is 6. The monoisotopic (exact) mass is 279 g/mol. The van der Waals surface area contributed by atoms with E-state index in [4.69, 9.17) is 4.74 Å². The predicted octanol–water partition coefficient (Wildman–Crippen LogP) is 2.03. The Labute approximate surface area is 119 Å². The Morgan fingerprint density at radius 2 is 1.95 bits per heavy atom. The van der Waals surface area contributed by atoms with Crippen molar-refractivity contribution in [3.05, 3.63) is 29.3 Å². The summed E-state index contributed by atoms with van der Waals surface area (Å²) in [6.07, 6.45) is 0.892. The zero-order valence-electron chi connectivity index (χ0n) is 12.4. The molecule has 1 aromatic carbocycles. The second-order valence-corrected chi connectivity index (χ2v) is 4.59. The average Bonchev–Trinajstić information content (AvgIpc) is 2.46. The van der Waals surface area contributed by atoms with E-state index in [-0.39, 0.29) is 11.9 Å². The topological polar surface area (TPSA) is 55.8 Å². The summed E-state index contributed by atoms with van der Waals surface area (Å²) >= 11 is 0. The van der Waals surface area contributed by atoms with Crippen LogP contribution in [0.1, 0.15) is 28.8 Å². The van der Waals surface area contributed by atoms with E-state index in [1.807, 2.05) is 13.0 Å². The van der Waals surface area contributed by atoms with E-state index in [1.165, 1.54) is 7.11 Å². The fourth-order valence-electron chi connectivity index (χ4n) is 1.84. The predicted molar refractivity (Wildman–Crippen MR) is 75.9 cm³/mol. The molecule has 0 aliphatic heterocycles. The molecule has 0 spiro atoms. The molecule has 20 heavy (non-hydrogen) atoms. The number of amides is 1. The lowest BCUT2D eigenvalue weighted by Crippen LogP contribution is -2.28. The highest BCUT2D eigenvalue weighted by Gasteiger charge is 2.13. The van der Waals surface area contributed by atoms with Gasteiger partial charge in [0.1, 0.15) is 5.75 Å². The number of benzene rings is 1. The van der Waals surface area contributed by atoms with Crippen LogP contribution >= 0.6 is 0 Å². The van der Waals surface area contributed by atoms with Crippen molar-refractivity contribution in [3.8, 4) is 5.75 Å². The Kier molecular flexibility index (Phi) is 6.03. The molecular weight excluding hydrogens is 258 g/mol. The van der Waals surface area contributed by atoms with Crippen molar-refractivity contribution in [2.45, 2.75) is 19.8 Å². The minimum absolute atomic E-state index is 0.0897. The van der Waals surface area contributed by atoms with E-state index in [1.54, 1.807) is 31.2 Å². The van der Waals surface area contributed by atoms with Crippen molar-refractivity contribution in [1.82, 2.24) is 4.90 Å². The first kappa shape index (κ1) is 16.0. The van der Waals surface area contributed by atoms with E-state index in [9.17, 15) is 9.59 Å². The van der Waals surface area contributed by atoms with Gasteiger partial charge in [0, 0.05) is 25.6 Å². The molecule has 0 bridgehead atoms. The Morgan fingerprint density at radius 3 is 2.55 bits per heavy atom. The molecule has 0 unspecified atom stereocenters. The van der Waals surface area contributed by atoms with Crippen LogP contribution in [-0.4, -0.2) is 44.6 Å². The van der Waals surface area contributed by atoms with Crippen LogP contribution < -0.4 is 4.74 Å². The van der Waals surface area contributed by atoms with Gasteiger partial charge >= 0.3 is 5.97 Å². The molecule has 0 heterocycles. The molecule has 0 aromatic heterocycles. The maximum Gasteiger partial charge on any atom is 0.305 e. The fourth-order valence-corrected chi connectivity index (χ4v) is 1.84. The van der Waals surface area contributed by atoms with Crippen LogP contribution in [0.15, 0.2) is 18.2 Å².